The minimum Gasteiger partial charge on any atom is -0.454 e. The van der Waals surface area contributed by atoms with Gasteiger partial charge in [0.2, 0.25) is 11.8 Å². The zero-order valence-electron chi connectivity index (χ0n) is 29.6. The first-order valence-electron chi connectivity index (χ1n) is 17.4. The molecule has 10 nitrogen and oxygen atoms in total. The number of aromatic nitrogens is 4. The largest absolute Gasteiger partial charge is 0.454 e. The lowest BCUT2D eigenvalue weighted by Gasteiger charge is -2.31. The van der Waals surface area contributed by atoms with Gasteiger partial charge in [-0.05, 0) is 73.4 Å². The normalized spacial score (nSPS) is 21.9. The van der Waals surface area contributed by atoms with Crippen LogP contribution in [0.5, 0.6) is 11.5 Å². The molecule has 7 rings (SSSR count). The van der Waals surface area contributed by atoms with Gasteiger partial charge in [-0.25, -0.2) is 26.9 Å². The summed E-state index contributed by atoms with van der Waals surface area (Å²) < 4.78 is 66.3. The fourth-order valence-electron chi connectivity index (χ4n) is 7.69. The van der Waals surface area contributed by atoms with Gasteiger partial charge >= 0.3 is 0 Å². The number of nitrogens with one attached hydrogen (secondary N) is 2. The van der Waals surface area contributed by atoms with Crippen molar-refractivity contribution in [3.05, 3.63) is 94.9 Å². The number of benzene rings is 3. The number of aryl methyl sites for hydroxylation is 2. The first-order chi connectivity index (χ1) is 24.6. The summed E-state index contributed by atoms with van der Waals surface area (Å²) in [4.78, 5) is 32.2. The summed E-state index contributed by atoms with van der Waals surface area (Å²) in [6, 6.07) is 14.9. The molecule has 0 aliphatic carbocycles. The second-order valence-corrected chi connectivity index (χ2v) is 17.3. The number of carbonyl (C=O) groups excluding carboxylic acids is 2. The van der Waals surface area contributed by atoms with Gasteiger partial charge < -0.3 is 9.72 Å². The van der Waals surface area contributed by atoms with Gasteiger partial charge in [-0.15, -0.1) is 0 Å². The van der Waals surface area contributed by atoms with Crippen molar-refractivity contribution in [2.24, 2.45) is 18.4 Å². The predicted octanol–water partition coefficient (Wildman–Crippen LogP) is 6.71. The Hall–Kier alpha value is -4.91. The zero-order valence-corrected chi connectivity index (χ0v) is 30.4. The number of hydrogen-bond donors (Lipinski definition) is 2. The molecule has 5 aromatic rings. The molecule has 13 heteroatoms. The maximum absolute atomic E-state index is 15.7. The van der Waals surface area contributed by atoms with Crippen molar-refractivity contribution in [2.45, 2.75) is 64.7 Å². The number of halogens is 2. The van der Waals surface area contributed by atoms with E-state index in [1.807, 2.05) is 45.0 Å². The van der Waals surface area contributed by atoms with Crippen LogP contribution in [0, 0.1) is 23.0 Å². The van der Waals surface area contributed by atoms with E-state index in [4.69, 9.17) is 14.8 Å². The van der Waals surface area contributed by atoms with Crippen LogP contribution >= 0.6 is 0 Å². The van der Waals surface area contributed by atoms with Crippen LogP contribution in [0.4, 0.5) is 8.78 Å². The third kappa shape index (κ3) is 6.98. The Morgan fingerprint density at radius 1 is 1.02 bits per heavy atom. The predicted molar refractivity (Wildman–Crippen MR) is 193 cm³/mol. The molecule has 52 heavy (non-hydrogen) atoms. The van der Waals surface area contributed by atoms with Crippen LogP contribution in [0.3, 0.4) is 0 Å². The highest BCUT2D eigenvalue weighted by Crippen LogP contribution is 2.41. The topological polar surface area (TPSA) is 136 Å². The molecule has 0 radical (unpaired) electrons. The van der Waals surface area contributed by atoms with Crippen molar-refractivity contribution < 1.29 is 31.5 Å². The minimum atomic E-state index is -3.60. The van der Waals surface area contributed by atoms with E-state index in [2.05, 4.69) is 10.3 Å². The number of ether oxygens (including phenoxy) is 1. The summed E-state index contributed by atoms with van der Waals surface area (Å²) in [5.74, 6) is -1.87. The lowest BCUT2D eigenvalue weighted by molar-refractivity contribution is -0.125. The van der Waals surface area contributed by atoms with Crippen molar-refractivity contribution in [3.8, 4) is 22.9 Å². The summed E-state index contributed by atoms with van der Waals surface area (Å²) >= 11 is 0. The smallest absolute Gasteiger partial charge is 0.230 e. The summed E-state index contributed by atoms with van der Waals surface area (Å²) in [7, 11) is -1.92. The molecule has 4 heterocycles. The molecular weight excluding hydrogens is 689 g/mol. The second kappa shape index (κ2) is 13.3. The molecule has 2 aliphatic rings. The summed E-state index contributed by atoms with van der Waals surface area (Å²) in [6.45, 7) is 5.88. The lowest BCUT2D eigenvalue weighted by Crippen LogP contribution is -2.29. The van der Waals surface area contributed by atoms with E-state index in [1.54, 1.807) is 19.3 Å². The van der Waals surface area contributed by atoms with Gasteiger partial charge in [-0.3, -0.25) is 14.9 Å². The minimum absolute atomic E-state index is 0.0195. The number of rotatable bonds is 3. The SMILES string of the molecule is Cn1nc2nc1-c1cc(ccc1F)Oc1c(F)cc3[nH]ccc3c1CCS(=O)(=O)CC(C)(C)CCCC2(C)c1cccc(CC2CC(=O)NC2=O)c1. The van der Waals surface area contributed by atoms with Crippen LogP contribution in [-0.4, -0.2) is 51.5 Å². The van der Waals surface area contributed by atoms with Gasteiger partial charge in [0.05, 0.1) is 28.4 Å². The number of imide groups is 1. The van der Waals surface area contributed by atoms with E-state index in [9.17, 15) is 18.0 Å². The Bertz CT molecular complexity index is 2330. The lowest BCUT2D eigenvalue weighted by atomic mass is 9.75. The Morgan fingerprint density at radius 2 is 1.83 bits per heavy atom. The average Bonchev–Trinajstić information content (AvgIpc) is 3.78. The van der Waals surface area contributed by atoms with E-state index < -0.39 is 38.2 Å². The van der Waals surface area contributed by atoms with Crippen molar-refractivity contribution in [2.75, 3.05) is 11.5 Å². The van der Waals surface area contributed by atoms with Gasteiger partial charge in [0.1, 0.15) is 11.6 Å². The summed E-state index contributed by atoms with van der Waals surface area (Å²) in [6.07, 6.45) is 3.92. The van der Waals surface area contributed by atoms with E-state index in [0.717, 1.165) is 11.1 Å². The molecule has 2 atom stereocenters. The molecule has 0 saturated carbocycles. The zero-order chi connectivity index (χ0) is 37.0. The molecular formula is C39H41F2N5O5S. The first kappa shape index (κ1) is 35.5. The average molecular weight is 730 g/mol. The number of amides is 2. The maximum atomic E-state index is 15.7. The second-order valence-electron chi connectivity index (χ2n) is 15.1. The number of carbonyl (C=O) groups is 2. The Labute approximate surface area is 300 Å². The van der Waals surface area contributed by atoms with E-state index >= 15 is 8.78 Å². The highest BCUT2D eigenvalue weighted by Gasteiger charge is 2.37. The van der Waals surface area contributed by atoms with E-state index in [0.29, 0.717) is 48.0 Å². The van der Waals surface area contributed by atoms with Gasteiger partial charge in [-0.2, -0.15) is 5.10 Å². The van der Waals surface area contributed by atoms with Crippen LogP contribution in [0.15, 0.2) is 60.8 Å². The quantitative estimate of drug-likeness (QED) is 0.197. The number of H-pyrrole nitrogens is 1. The fourth-order valence-corrected chi connectivity index (χ4v) is 9.69. The maximum Gasteiger partial charge on any atom is 0.230 e. The molecule has 1 fully saturated rings. The number of aromatic amines is 1. The van der Waals surface area contributed by atoms with Crippen LogP contribution in [-0.2, 0) is 44.7 Å². The standard InChI is InChI=1S/C39H41F2N5O5S/c1-38(2)13-6-14-39(3,25-8-5-7-23(18-25)17-24-19-33(47)43-36(24)48)37-44-35(46(4)45-37)29-20-26(9-10-30(29)40)51-34-28(12-16-52(49,50)22-38)27-11-15-42-32(27)21-31(34)41/h5,7-11,15,18,20-21,24,42H,6,12-14,16-17,19,22H2,1-4H3,(H,43,47,48). The van der Waals surface area contributed by atoms with Crippen molar-refractivity contribution in [1.82, 2.24) is 25.1 Å². The summed E-state index contributed by atoms with van der Waals surface area (Å²) in [5, 5.41) is 7.83. The first-order valence-corrected chi connectivity index (χ1v) is 19.2. The number of sulfone groups is 1. The third-order valence-electron chi connectivity index (χ3n) is 10.4. The van der Waals surface area contributed by atoms with Crippen LogP contribution in [0.1, 0.15) is 69.0 Å². The number of fused-ring (bicyclic) bond motifs is 8. The Morgan fingerprint density at radius 3 is 2.60 bits per heavy atom. The van der Waals surface area contributed by atoms with Gasteiger partial charge in [0.25, 0.3) is 0 Å². The summed E-state index contributed by atoms with van der Waals surface area (Å²) in [5.41, 5.74) is 1.35. The van der Waals surface area contributed by atoms with Crippen molar-refractivity contribution in [3.63, 3.8) is 0 Å². The molecule has 3 aromatic carbocycles. The van der Waals surface area contributed by atoms with Crippen molar-refractivity contribution >= 4 is 32.6 Å². The third-order valence-corrected chi connectivity index (χ3v) is 12.5. The highest BCUT2D eigenvalue weighted by atomic mass is 32.2. The Kier molecular flexibility index (Phi) is 9.04. The molecule has 1 saturated heterocycles. The number of nitrogens with zero attached hydrogens (tertiary/aromatic N) is 3. The van der Waals surface area contributed by atoms with E-state index in [-0.39, 0.29) is 59.0 Å². The molecule has 272 valence electrons. The van der Waals surface area contributed by atoms with Crippen LogP contribution in [0.2, 0.25) is 0 Å². The molecule has 4 bridgehead atoms. The van der Waals surface area contributed by atoms with Gasteiger partial charge in [-0.1, -0.05) is 44.5 Å². The molecule has 2 aromatic heterocycles. The van der Waals surface area contributed by atoms with Gasteiger partial charge in [0.15, 0.2) is 33.1 Å². The molecule has 2 unspecified atom stereocenters. The van der Waals surface area contributed by atoms with Crippen LogP contribution < -0.4 is 10.1 Å². The van der Waals surface area contributed by atoms with Crippen molar-refractivity contribution in [1.29, 1.82) is 0 Å². The van der Waals surface area contributed by atoms with E-state index in [1.165, 1.54) is 28.9 Å². The molecule has 2 amide bonds. The van der Waals surface area contributed by atoms with Gasteiger partial charge in [0, 0.05) is 42.2 Å². The fraction of sp³-hybridized carbons (Fsp3) is 0.385. The molecule has 2 N–H and O–H groups in total. The van der Waals surface area contributed by atoms with Crippen LogP contribution in [0.25, 0.3) is 22.3 Å². The monoisotopic (exact) mass is 729 g/mol. The molecule has 0 spiro atoms. The number of hydrogen-bond acceptors (Lipinski definition) is 7. The molecule has 2 aliphatic heterocycles. The highest BCUT2D eigenvalue weighted by molar-refractivity contribution is 7.91. The Balaban J connectivity index is 1.34.